The first-order valence-corrected chi connectivity index (χ1v) is 9.81. The lowest BCUT2D eigenvalue weighted by atomic mass is 9.96. The Morgan fingerprint density at radius 2 is 1.79 bits per heavy atom. The van der Waals surface area contributed by atoms with Crippen LogP contribution in [0.1, 0.15) is 41.4 Å². The highest BCUT2D eigenvalue weighted by molar-refractivity contribution is 6.42. The van der Waals surface area contributed by atoms with Gasteiger partial charge in [-0.3, -0.25) is 9.59 Å². The summed E-state index contributed by atoms with van der Waals surface area (Å²) in [4.78, 5) is 24.3. The fourth-order valence-corrected chi connectivity index (χ4v) is 4.20. The van der Waals surface area contributed by atoms with E-state index in [9.17, 15) is 9.59 Å². The highest BCUT2D eigenvalue weighted by Gasteiger charge is 2.22. The molecule has 3 aromatic rings. The molecule has 1 aliphatic rings. The van der Waals surface area contributed by atoms with E-state index >= 15 is 0 Å². The molecule has 0 saturated heterocycles. The standard InChI is InChI=1S/C21H18Cl2N2O3/c1-11(26)24-15-10-9-14(22)18(19(15)23)21(27)25-16-7-4-6-13-12-5-2-3-8-17(12)28-20(13)16/h4,6-7,9-10H,2-3,5,8H2,1H3,(H,24,26)(H,25,27). The molecule has 144 valence electrons. The van der Waals surface area contributed by atoms with E-state index in [1.807, 2.05) is 12.1 Å². The number of rotatable bonds is 3. The Bertz CT molecular complexity index is 1100. The first-order chi connectivity index (χ1) is 13.5. The van der Waals surface area contributed by atoms with Crippen LogP contribution in [0.3, 0.4) is 0 Å². The molecule has 28 heavy (non-hydrogen) atoms. The lowest BCUT2D eigenvalue weighted by Gasteiger charge is -2.12. The minimum atomic E-state index is -0.468. The van der Waals surface area contributed by atoms with E-state index in [1.54, 1.807) is 12.1 Å². The normalized spacial score (nSPS) is 13.2. The molecule has 2 amide bonds. The van der Waals surface area contributed by atoms with Crippen molar-refractivity contribution in [2.45, 2.75) is 32.6 Å². The second-order valence-electron chi connectivity index (χ2n) is 6.81. The largest absolute Gasteiger partial charge is 0.459 e. The van der Waals surface area contributed by atoms with E-state index in [2.05, 4.69) is 10.6 Å². The number of furan rings is 1. The van der Waals surface area contributed by atoms with Crippen LogP contribution < -0.4 is 10.6 Å². The van der Waals surface area contributed by atoms with Crippen LogP contribution in [0.5, 0.6) is 0 Å². The van der Waals surface area contributed by atoms with Crippen LogP contribution in [0.4, 0.5) is 11.4 Å². The lowest BCUT2D eigenvalue weighted by molar-refractivity contribution is -0.114. The number of benzene rings is 2. The number of halogens is 2. The van der Waals surface area contributed by atoms with Crippen LogP contribution in [0.25, 0.3) is 11.0 Å². The summed E-state index contributed by atoms with van der Waals surface area (Å²) in [7, 11) is 0. The van der Waals surface area contributed by atoms with Gasteiger partial charge >= 0.3 is 0 Å². The van der Waals surface area contributed by atoms with Crippen LogP contribution in [-0.2, 0) is 17.6 Å². The van der Waals surface area contributed by atoms with E-state index < -0.39 is 5.91 Å². The van der Waals surface area contributed by atoms with Crippen LogP contribution in [-0.4, -0.2) is 11.8 Å². The molecule has 0 unspecified atom stereocenters. The third kappa shape index (κ3) is 3.36. The maximum Gasteiger partial charge on any atom is 0.258 e. The number of aryl methyl sites for hydroxylation is 2. The SMILES string of the molecule is CC(=O)Nc1ccc(Cl)c(C(=O)Nc2cccc3c4c(oc23)CCCC4)c1Cl. The zero-order valence-electron chi connectivity index (χ0n) is 15.2. The van der Waals surface area contributed by atoms with Crippen molar-refractivity contribution in [3.63, 3.8) is 0 Å². The maximum atomic E-state index is 12.9. The summed E-state index contributed by atoms with van der Waals surface area (Å²) in [6, 6.07) is 8.77. The quantitative estimate of drug-likeness (QED) is 0.563. The Hall–Kier alpha value is -2.50. The molecule has 0 saturated carbocycles. The molecule has 0 fully saturated rings. The van der Waals surface area contributed by atoms with Gasteiger partial charge in [-0.2, -0.15) is 0 Å². The van der Waals surface area contributed by atoms with Crippen molar-refractivity contribution < 1.29 is 14.0 Å². The maximum absolute atomic E-state index is 12.9. The van der Waals surface area contributed by atoms with Gasteiger partial charge in [0, 0.05) is 24.3 Å². The van der Waals surface area contributed by atoms with Gasteiger partial charge in [-0.1, -0.05) is 35.3 Å². The number of nitrogens with one attached hydrogen (secondary N) is 2. The van der Waals surface area contributed by atoms with Gasteiger partial charge in [-0.25, -0.2) is 0 Å². The van der Waals surface area contributed by atoms with Gasteiger partial charge < -0.3 is 15.1 Å². The lowest BCUT2D eigenvalue weighted by Crippen LogP contribution is -2.15. The van der Waals surface area contributed by atoms with Crippen molar-refractivity contribution in [2.75, 3.05) is 10.6 Å². The second kappa shape index (κ2) is 7.49. The van der Waals surface area contributed by atoms with E-state index in [-0.39, 0.29) is 21.5 Å². The van der Waals surface area contributed by atoms with E-state index in [0.717, 1.165) is 36.8 Å². The molecule has 0 bridgehead atoms. The fourth-order valence-electron chi connectivity index (χ4n) is 3.61. The number of anilines is 2. The average molecular weight is 417 g/mol. The van der Waals surface area contributed by atoms with Gasteiger partial charge in [-0.05, 0) is 37.5 Å². The second-order valence-corrected chi connectivity index (χ2v) is 7.60. The molecule has 0 atom stereocenters. The number of carbonyl (C=O) groups is 2. The molecule has 0 spiro atoms. The molecule has 1 aromatic heterocycles. The van der Waals surface area contributed by atoms with Crippen LogP contribution in [0.2, 0.25) is 10.0 Å². The Kier molecular flexibility index (Phi) is 5.04. The van der Waals surface area contributed by atoms with Crippen LogP contribution in [0, 0.1) is 0 Å². The third-order valence-corrected chi connectivity index (χ3v) is 5.57. The first-order valence-electron chi connectivity index (χ1n) is 9.06. The summed E-state index contributed by atoms with van der Waals surface area (Å²) < 4.78 is 6.06. The molecule has 0 radical (unpaired) electrons. The monoisotopic (exact) mass is 416 g/mol. The summed E-state index contributed by atoms with van der Waals surface area (Å²) >= 11 is 12.6. The number of amides is 2. The number of hydrogen-bond donors (Lipinski definition) is 2. The minimum absolute atomic E-state index is 0.0890. The Morgan fingerprint density at radius 1 is 1.00 bits per heavy atom. The highest BCUT2D eigenvalue weighted by atomic mass is 35.5. The minimum Gasteiger partial charge on any atom is -0.459 e. The van der Waals surface area contributed by atoms with Gasteiger partial charge in [0.1, 0.15) is 5.76 Å². The summed E-state index contributed by atoms with van der Waals surface area (Å²) in [5, 5.41) is 6.76. The van der Waals surface area contributed by atoms with Gasteiger partial charge in [0.15, 0.2) is 5.58 Å². The van der Waals surface area contributed by atoms with E-state index in [1.165, 1.54) is 18.6 Å². The van der Waals surface area contributed by atoms with Gasteiger partial charge in [0.05, 0.1) is 27.0 Å². The third-order valence-electron chi connectivity index (χ3n) is 4.86. The first kappa shape index (κ1) is 18.8. The molecular formula is C21H18Cl2N2O3. The summed E-state index contributed by atoms with van der Waals surface area (Å²) in [6.07, 6.45) is 4.14. The molecule has 2 aromatic carbocycles. The van der Waals surface area contributed by atoms with Crippen molar-refractivity contribution in [1.29, 1.82) is 0 Å². The molecule has 7 heteroatoms. The molecule has 1 aliphatic carbocycles. The predicted molar refractivity (Wildman–Crippen MR) is 112 cm³/mol. The Morgan fingerprint density at radius 3 is 2.57 bits per heavy atom. The summed E-state index contributed by atoms with van der Waals surface area (Å²) in [5.74, 6) is 0.234. The highest BCUT2D eigenvalue weighted by Crippen LogP contribution is 2.37. The van der Waals surface area contributed by atoms with E-state index in [0.29, 0.717) is 17.0 Å². The van der Waals surface area contributed by atoms with Crippen molar-refractivity contribution in [1.82, 2.24) is 0 Å². The van der Waals surface area contributed by atoms with Crippen molar-refractivity contribution in [3.8, 4) is 0 Å². The van der Waals surface area contributed by atoms with Gasteiger partial charge in [0.2, 0.25) is 5.91 Å². The molecule has 1 heterocycles. The zero-order valence-corrected chi connectivity index (χ0v) is 16.7. The molecule has 0 aliphatic heterocycles. The van der Waals surface area contributed by atoms with Crippen molar-refractivity contribution >= 4 is 57.4 Å². The summed E-state index contributed by atoms with van der Waals surface area (Å²) in [5.41, 5.74) is 2.88. The number of carbonyl (C=O) groups excluding carboxylic acids is 2. The van der Waals surface area contributed by atoms with Gasteiger partial charge in [-0.15, -0.1) is 0 Å². The molecule has 2 N–H and O–H groups in total. The predicted octanol–water partition coefficient (Wildman–Crippen LogP) is 5.83. The van der Waals surface area contributed by atoms with Gasteiger partial charge in [0.25, 0.3) is 5.91 Å². The van der Waals surface area contributed by atoms with Crippen molar-refractivity contribution in [3.05, 3.63) is 57.3 Å². The number of hydrogen-bond acceptors (Lipinski definition) is 3. The van der Waals surface area contributed by atoms with Crippen LogP contribution in [0.15, 0.2) is 34.7 Å². The average Bonchev–Trinajstić information content (AvgIpc) is 3.04. The summed E-state index contributed by atoms with van der Waals surface area (Å²) in [6.45, 7) is 1.37. The van der Waals surface area contributed by atoms with E-state index in [4.69, 9.17) is 27.6 Å². The Balaban J connectivity index is 1.71. The smallest absolute Gasteiger partial charge is 0.258 e. The number of fused-ring (bicyclic) bond motifs is 3. The fraction of sp³-hybridized carbons (Fsp3) is 0.238. The zero-order chi connectivity index (χ0) is 19.8. The van der Waals surface area contributed by atoms with Crippen LogP contribution >= 0.6 is 23.2 Å². The topological polar surface area (TPSA) is 71.3 Å². The molecular weight excluding hydrogens is 399 g/mol. The molecule has 5 nitrogen and oxygen atoms in total. The number of para-hydroxylation sites is 1. The Labute approximate surface area is 172 Å². The molecule has 4 rings (SSSR count). The van der Waals surface area contributed by atoms with Crippen molar-refractivity contribution in [2.24, 2.45) is 0 Å².